The van der Waals surface area contributed by atoms with Gasteiger partial charge in [0, 0.05) is 28.7 Å². The van der Waals surface area contributed by atoms with Crippen LogP contribution in [-0.4, -0.2) is 27.0 Å². The third kappa shape index (κ3) is 4.81. The van der Waals surface area contributed by atoms with Crippen molar-refractivity contribution in [2.75, 3.05) is 10.6 Å². The first-order valence-electron chi connectivity index (χ1n) is 10.1. The number of nitrogens with one attached hydrogen (secondary N) is 2. The van der Waals surface area contributed by atoms with Crippen LogP contribution >= 0.6 is 23.1 Å². The van der Waals surface area contributed by atoms with E-state index in [4.69, 9.17) is 0 Å². The Hall–Kier alpha value is -3.23. The standard InChI is InChI=1S/C24H22N4O2S2/c1-14-20(17-7-5-4-6-8-17)21-23(31-14)25-13-26-24(21)32-15(2)22(30)28-19-11-9-18(10-12-19)27-16(3)29/h4-13,15H,1-3H3,(H,27,29)(H,28,30). The Labute approximate surface area is 194 Å². The fourth-order valence-electron chi connectivity index (χ4n) is 3.36. The zero-order chi connectivity index (χ0) is 22.7. The number of hydrogen-bond acceptors (Lipinski definition) is 6. The molecule has 0 saturated heterocycles. The number of nitrogens with zero attached hydrogens (tertiary/aromatic N) is 2. The van der Waals surface area contributed by atoms with Gasteiger partial charge in [-0.05, 0) is 43.7 Å². The van der Waals surface area contributed by atoms with Crippen molar-refractivity contribution < 1.29 is 9.59 Å². The van der Waals surface area contributed by atoms with Crippen molar-refractivity contribution in [2.45, 2.75) is 31.0 Å². The molecule has 6 nitrogen and oxygen atoms in total. The zero-order valence-corrected chi connectivity index (χ0v) is 19.5. The Kier molecular flexibility index (Phi) is 6.53. The van der Waals surface area contributed by atoms with Crippen molar-refractivity contribution >= 4 is 56.5 Å². The Morgan fingerprint density at radius 1 is 0.969 bits per heavy atom. The molecule has 0 aliphatic heterocycles. The molecule has 0 bridgehead atoms. The first-order chi connectivity index (χ1) is 15.4. The minimum Gasteiger partial charge on any atom is -0.326 e. The van der Waals surface area contributed by atoms with E-state index in [1.807, 2.05) is 25.1 Å². The van der Waals surface area contributed by atoms with E-state index in [2.05, 4.69) is 39.7 Å². The smallest absolute Gasteiger partial charge is 0.237 e. The molecule has 4 aromatic rings. The third-order valence-electron chi connectivity index (χ3n) is 4.82. The van der Waals surface area contributed by atoms with E-state index in [1.165, 1.54) is 23.6 Å². The molecule has 4 rings (SSSR count). The highest BCUT2D eigenvalue weighted by Crippen LogP contribution is 2.42. The van der Waals surface area contributed by atoms with Crippen molar-refractivity contribution in [3.05, 3.63) is 65.8 Å². The molecule has 32 heavy (non-hydrogen) atoms. The number of thioether (sulfide) groups is 1. The van der Waals surface area contributed by atoms with E-state index in [0.29, 0.717) is 11.4 Å². The van der Waals surface area contributed by atoms with Gasteiger partial charge in [0.05, 0.1) is 10.6 Å². The highest BCUT2D eigenvalue weighted by atomic mass is 32.2. The lowest BCUT2D eigenvalue weighted by atomic mass is 10.0. The zero-order valence-electron chi connectivity index (χ0n) is 17.9. The van der Waals surface area contributed by atoms with Crippen LogP contribution in [-0.2, 0) is 9.59 Å². The number of benzene rings is 2. The predicted molar refractivity (Wildman–Crippen MR) is 132 cm³/mol. The first-order valence-corrected chi connectivity index (χ1v) is 11.8. The number of carbonyl (C=O) groups is 2. The van der Waals surface area contributed by atoms with E-state index < -0.39 is 0 Å². The molecule has 162 valence electrons. The molecule has 2 amide bonds. The third-order valence-corrected chi connectivity index (χ3v) is 6.94. The van der Waals surface area contributed by atoms with Gasteiger partial charge in [-0.15, -0.1) is 11.3 Å². The van der Waals surface area contributed by atoms with E-state index in [1.54, 1.807) is 41.9 Å². The number of aryl methyl sites for hydroxylation is 1. The maximum atomic E-state index is 12.8. The maximum absolute atomic E-state index is 12.8. The highest BCUT2D eigenvalue weighted by Gasteiger charge is 2.21. The van der Waals surface area contributed by atoms with Crippen LogP contribution in [0.2, 0.25) is 0 Å². The quantitative estimate of drug-likeness (QED) is 0.282. The fraction of sp³-hybridized carbons (Fsp3) is 0.167. The van der Waals surface area contributed by atoms with Crippen LogP contribution in [0.15, 0.2) is 66.0 Å². The number of fused-ring (bicyclic) bond motifs is 1. The van der Waals surface area contributed by atoms with Gasteiger partial charge in [-0.1, -0.05) is 42.1 Å². The van der Waals surface area contributed by atoms with Gasteiger partial charge >= 0.3 is 0 Å². The molecule has 2 aromatic heterocycles. The summed E-state index contributed by atoms with van der Waals surface area (Å²) >= 11 is 3.06. The number of hydrogen-bond donors (Lipinski definition) is 2. The largest absolute Gasteiger partial charge is 0.326 e. The molecule has 0 radical (unpaired) electrons. The monoisotopic (exact) mass is 462 g/mol. The van der Waals surface area contributed by atoms with Crippen LogP contribution in [0.1, 0.15) is 18.7 Å². The first kappa shape index (κ1) is 22.0. The summed E-state index contributed by atoms with van der Waals surface area (Å²) in [7, 11) is 0. The van der Waals surface area contributed by atoms with Gasteiger partial charge in [-0.3, -0.25) is 9.59 Å². The lowest BCUT2D eigenvalue weighted by Crippen LogP contribution is -2.22. The van der Waals surface area contributed by atoms with Crippen molar-refractivity contribution in [1.29, 1.82) is 0 Å². The van der Waals surface area contributed by atoms with E-state index in [0.717, 1.165) is 26.4 Å². The molecule has 0 spiro atoms. The van der Waals surface area contributed by atoms with Gasteiger partial charge in [0.25, 0.3) is 0 Å². The Balaban J connectivity index is 1.55. The van der Waals surface area contributed by atoms with Gasteiger partial charge < -0.3 is 10.6 Å². The minimum absolute atomic E-state index is 0.123. The molecular weight excluding hydrogens is 440 g/mol. The second-order valence-electron chi connectivity index (χ2n) is 7.27. The molecule has 1 unspecified atom stereocenters. The van der Waals surface area contributed by atoms with Crippen molar-refractivity contribution in [2.24, 2.45) is 0 Å². The second kappa shape index (κ2) is 9.50. The number of thiophene rings is 1. The Morgan fingerprint density at radius 3 is 2.28 bits per heavy atom. The molecule has 1 atom stereocenters. The highest BCUT2D eigenvalue weighted by molar-refractivity contribution is 8.00. The average Bonchev–Trinajstić information content (AvgIpc) is 3.12. The van der Waals surface area contributed by atoms with Crippen LogP contribution < -0.4 is 10.6 Å². The van der Waals surface area contributed by atoms with Gasteiger partial charge in [-0.25, -0.2) is 9.97 Å². The lowest BCUT2D eigenvalue weighted by Gasteiger charge is -2.13. The van der Waals surface area contributed by atoms with Gasteiger partial charge in [0.15, 0.2) is 0 Å². The van der Waals surface area contributed by atoms with Crippen LogP contribution in [0.5, 0.6) is 0 Å². The number of carbonyl (C=O) groups excluding carboxylic acids is 2. The summed E-state index contributed by atoms with van der Waals surface area (Å²) in [6.45, 7) is 5.40. The number of rotatable bonds is 6. The number of aromatic nitrogens is 2. The minimum atomic E-state index is -0.369. The molecule has 0 saturated carbocycles. The topological polar surface area (TPSA) is 84.0 Å². The summed E-state index contributed by atoms with van der Waals surface area (Å²) in [5.74, 6) is -0.260. The van der Waals surface area contributed by atoms with Crippen LogP contribution in [0.3, 0.4) is 0 Å². The molecular formula is C24H22N4O2S2. The van der Waals surface area contributed by atoms with Crippen molar-refractivity contribution in [3.8, 4) is 11.1 Å². The summed E-state index contributed by atoms with van der Waals surface area (Å²) < 4.78 is 0. The second-order valence-corrected chi connectivity index (χ2v) is 9.80. The molecule has 2 aromatic carbocycles. The fourth-order valence-corrected chi connectivity index (χ4v) is 5.37. The average molecular weight is 463 g/mol. The summed E-state index contributed by atoms with van der Waals surface area (Å²) in [5, 5.41) is 7.05. The molecule has 0 fully saturated rings. The van der Waals surface area contributed by atoms with Crippen LogP contribution in [0.25, 0.3) is 21.3 Å². The summed E-state index contributed by atoms with van der Waals surface area (Å²) in [4.78, 5) is 35.1. The predicted octanol–water partition coefficient (Wildman–Crippen LogP) is 5.74. The van der Waals surface area contributed by atoms with E-state index in [-0.39, 0.29) is 17.1 Å². The SMILES string of the molecule is CC(=O)Nc1ccc(NC(=O)C(C)Sc2ncnc3sc(C)c(-c4ccccc4)c23)cc1. The number of amides is 2. The molecule has 8 heteroatoms. The lowest BCUT2D eigenvalue weighted by molar-refractivity contribution is -0.115. The van der Waals surface area contributed by atoms with E-state index in [9.17, 15) is 9.59 Å². The van der Waals surface area contributed by atoms with Crippen molar-refractivity contribution in [3.63, 3.8) is 0 Å². The maximum Gasteiger partial charge on any atom is 0.237 e. The van der Waals surface area contributed by atoms with Crippen LogP contribution in [0, 0.1) is 6.92 Å². The Morgan fingerprint density at radius 2 is 1.62 bits per heavy atom. The summed E-state index contributed by atoms with van der Waals surface area (Å²) in [5.41, 5.74) is 3.59. The van der Waals surface area contributed by atoms with Crippen LogP contribution in [0.4, 0.5) is 11.4 Å². The van der Waals surface area contributed by atoms with Gasteiger partial charge in [0.1, 0.15) is 16.2 Å². The number of anilines is 2. The Bertz CT molecular complexity index is 1270. The van der Waals surface area contributed by atoms with E-state index >= 15 is 0 Å². The molecule has 2 N–H and O–H groups in total. The molecule has 2 heterocycles. The van der Waals surface area contributed by atoms with Gasteiger partial charge in [-0.2, -0.15) is 0 Å². The normalized spacial score (nSPS) is 11.8. The van der Waals surface area contributed by atoms with Gasteiger partial charge in [0.2, 0.25) is 11.8 Å². The summed E-state index contributed by atoms with van der Waals surface area (Å²) in [6.07, 6.45) is 1.56. The molecule has 0 aliphatic carbocycles. The molecule has 0 aliphatic rings. The van der Waals surface area contributed by atoms with Crippen molar-refractivity contribution in [1.82, 2.24) is 9.97 Å². The summed E-state index contributed by atoms with van der Waals surface area (Å²) in [6, 6.07) is 17.2.